The number of rotatable bonds is 3. The molecule has 3 aromatic rings. The second-order valence-corrected chi connectivity index (χ2v) is 10.3. The van der Waals surface area contributed by atoms with Crippen LogP contribution in [-0.2, 0) is 5.60 Å². The minimum absolute atomic E-state index is 0.0367. The minimum atomic E-state index is -1.23. The molecule has 3 atom stereocenters. The number of benzene rings is 1. The van der Waals surface area contributed by atoms with Gasteiger partial charge >= 0.3 is 0 Å². The number of carbonyl (C=O) groups excluding carboxylic acids is 1. The first kappa shape index (κ1) is 21.9. The molecule has 1 N–H and O–H groups in total. The van der Waals surface area contributed by atoms with Gasteiger partial charge in [-0.3, -0.25) is 9.79 Å². The van der Waals surface area contributed by atoms with Gasteiger partial charge in [-0.05, 0) is 49.8 Å². The van der Waals surface area contributed by atoms with E-state index >= 15 is 0 Å². The molecule has 0 fully saturated rings. The van der Waals surface area contributed by atoms with Crippen molar-refractivity contribution in [3.05, 3.63) is 57.8 Å². The van der Waals surface area contributed by atoms with E-state index in [-0.39, 0.29) is 23.3 Å². The van der Waals surface area contributed by atoms with Crippen molar-refractivity contribution in [3.8, 4) is 0 Å². The first-order valence-corrected chi connectivity index (χ1v) is 11.8. The first-order chi connectivity index (χ1) is 15.6. The summed E-state index contributed by atoms with van der Waals surface area (Å²) in [6, 6.07) is 5.78. The van der Waals surface area contributed by atoms with E-state index in [0.717, 1.165) is 10.4 Å². The number of aliphatic imine (C=N–C) groups is 1. The SMILES string of the molecule is CC1C2=C(N=C[C@H]1C)[C@@H](c1nc3c(F)cccc3s1)N(C(=O)c1cc(C(C)(C)O)no1)CC2. The molecule has 0 saturated heterocycles. The molecule has 2 aromatic heterocycles. The van der Waals surface area contributed by atoms with Crippen LogP contribution in [0.3, 0.4) is 0 Å². The van der Waals surface area contributed by atoms with Crippen LogP contribution in [-0.4, -0.2) is 38.8 Å². The summed E-state index contributed by atoms with van der Waals surface area (Å²) in [5, 5.41) is 14.7. The zero-order valence-electron chi connectivity index (χ0n) is 18.9. The van der Waals surface area contributed by atoms with Crippen LogP contribution in [0.25, 0.3) is 10.2 Å². The van der Waals surface area contributed by atoms with Gasteiger partial charge in [-0.25, -0.2) is 9.37 Å². The van der Waals surface area contributed by atoms with Crippen LogP contribution in [0.4, 0.5) is 4.39 Å². The Kier molecular flexibility index (Phi) is 5.21. The minimum Gasteiger partial charge on any atom is -0.384 e. The number of amides is 1. The third kappa shape index (κ3) is 3.69. The summed E-state index contributed by atoms with van der Waals surface area (Å²) in [6.45, 7) is 7.91. The monoisotopic (exact) mass is 468 g/mol. The summed E-state index contributed by atoms with van der Waals surface area (Å²) < 4.78 is 20.5. The van der Waals surface area contributed by atoms with Crippen LogP contribution in [0.2, 0.25) is 0 Å². The Morgan fingerprint density at radius 1 is 1.33 bits per heavy atom. The molecule has 2 aliphatic rings. The van der Waals surface area contributed by atoms with Gasteiger partial charge in [0.05, 0.1) is 10.4 Å². The first-order valence-electron chi connectivity index (χ1n) is 11.0. The van der Waals surface area contributed by atoms with Gasteiger partial charge in [-0.2, -0.15) is 0 Å². The van der Waals surface area contributed by atoms with Gasteiger partial charge in [-0.1, -0.05) is 25.1 Å². The highest BCUT2D eigenvalue weighted by atomic mass is 32.1. The highest BCUT2D eigenvalue weighted by Crippen LogP contribution is 2.45. The number of hydrogen-bond acceptors (Lipinski definition) is 7. The molecule has 5 rings (SSSR count). The number of aromatic nitrogens is 2. The van der Waals surface area contributed by atoms with Crippen molar-refractivity contribution in [2.24, 2.45) is 16.8 Å². The standard InChI is InChI=1S/C24H25FN4O3S/c1-12-11-26-19-14(13(12)2)8-9-29(23(30)16-10-18(28-32-16)24(3,4)31)21(19)22-27-20-15(25)6-5-7-17(20)33-22/h5-7,10-13,21,31H,8-9H2,1-4H3/t12-,13?,21+/m1/s1. The van der Waals surface area contributed by atoms with Crippen molar-refractivity contribution < 1.29 is 18.8 Å². The zero-order chi connectivity index (χ0) is 23.5. The van der Waals surface area contributed by atoms with Gasteiger partial charge in [0, 0.05) is 18.8 Å². The van der Waals surface area contributed by atoms with Crippen molar-refractivity contribution in [2.45, 2.75) is 45.8 Å². The third-order valence-electron chi connectivity index (χ3n) is 6.54. The smallest absolute Gasteiger partial charge is 0.293 e. The molecule has 9 heteroatoms. The number of carbonyl (C=O) groups is 1. The van der Waals surface area contributed by atoms with Gasteiger partial charge in [0.15, 0.2) is 0 Å². The number of halogens is 1. The fourth-order valence-corrected chi connectivity index (χ4v) is 5.50. The van der Waals surface area contributed by atoms with Crippen molar-refractivity contribution in [1.82, 2.24) is 15.0 Å². The second kappa shape index (κ2) is 7.85. The number of nitrogens with zero attached hydrogens (tertiary/aromatic N) is 4. The summed E-state index contributed by atoms with van der Waals surface area (Å²) in [5.74, 6) is -0.138. The number of para-hydroxylation sites is 1. The van der Waals surface area contributed by atoms with Crippen molar-refractivity contribution in [2.75, 3.05) is 6.54 Å². The molecule has 0 spiro atoms. The molecule has 1 aromatic carbocycles. The lowest BCUT2D eigenvalue weighted by molar-refractivity contribution is 0.0627. The molecule has 2 aliphatic heterocycles. The van der Waals surface area contributed by atoms with E-state index in [4.69, 9.17) is 9.52 Å². The van der Waals surface area contributed by atoms with E-state index < -0.39 is 17.5 Å². The maximum absolute atomic E-state index is 14.4. The van der Waals surface area contributed by atoms with Gasteiger partial charge < -0.3 is 14.5 Å². The summed E-state index contributed by atoms with van der Waals surface area (Å²) in [4.78, 5) is 24.6. The topological polar surface area (TPSA) is 91.8 Å². The van der Waals surface area contributed by atoms with Gasteiger partial charge in [0.25, 0.3) is 5.91 Å². The third-order valence-corrected chi connectivity index (χ3v) is 7.61. The van der Waals surface area contributed by atoms with E-state index in [0.29, 0.717) is 29.4 Å². The largest absolute Gasteiger partial charge is 0.384 e. The molecule has 0 radical (unpaired) electrons. The van der Waals surface area contributed by atoms with Crippen LogP contribution < -0.4 is 0 Å². The van der Waals surface area contributed by atoms with E-state index in [1.165, 1.54) is 29.0 Å². The molecular weight excluding hydrogens is 443 g/mol. The predicted molar refractivity (Wildman–Crippen MR) is 124 cm³/mol. The Balaban J connectivity index is 1.62. The lowest BCUT2D eigenvalue weighted by Gasteiger charge is -2.39. The van der Waals surface area contributed by atoms with Gasteiger partial charge in [0.1, 0.15) is 33.7 Å². The number of hydrogen-bond donors (Lipinski definition) is 1. The normalized spacial score (nSPS) is 23.3. The molecule has 1 amide bonds. The molecular formula is C24H25FN4O3S. The average Bonchev–Trinajstić information content (AvgIpc) is 3.43. The molecule has 1 unspecified atom stereocenters. The average molecular weight is 469 g/mol. The van der Waals surface area contributed by atoms with Crippen LogP contribution in [0.15, 0.2) is 45.1 Å². The van der Waals surface area contributed by atoms with Gasteiger partial charge in [-0.15, -0.1) is 11.3 Å². The highest BCUT2D eigenvalue weighted by Gasteiger charge is 2.41. The Morgan fingerprint density at radius 2 is 2.12 bits per heavy atom. The van der Waals surface area contributed by atoms with Crippen LogP contribution in [0.1, 0.15) is 61.4 Å². The summed E-state index contributed by atoms with van der Waals surface area (Å²) in [6.07, 6.45) is 2.60. The quantitative estimate of drug-likeness (QED) is 0.593. The maximum atomic E-state index is 14.4. The van der Waals surface area contributed by atoms with Crippen LogP contribution in [0, 0.1) is 17.7 Å². The van der Waals surface area contributed by atoms with E-state index in [1.54, 1.807) is 24.8 Å². The molecule has 33 heavy (non-hydrogen) atoms. The molecule has 4 heterocycles. The Morgan fingerprint density at radius 3 is 2.82 bits per heavy atom. The second-order valence-electron chi connectivity index (χ2n) is 9.26. The van der Waals surface area contributed by atoms with Gasteiger partial charge in [0.2, 0.25) is 5.76 Å². The Labute approximate surface area is 194 Å². The van der Waals surface area contributed by atoms with Crippen molar-refractivity contribution >= 4 is 33.7 Å². The molecule has 0 saturated carbocycles. The zero-order valence-corrected chi connectivity index (χ0v) is 19.7. The molecule has 172 valence electrons. The highest BCUT2D eigenvalue weighted by molar-refractivity contribution is 7.18. The summed E-state index contributed by atoms with van der Waals surface area (Å²) >= 11 is 1.36. The van der Waals surface area contributed by atoms with Crippen molar-refractivity contribution in [3.63, 3.8) is 0 Å². The number of fused-ring (bicyclic) bond motifs is 1. The summed E-state index contributed by atoms with van der Waals surface area (Å²) in [5.41, 5.74) is 1.33. The number of aliphatic hydroxyl groups is 1. The number of thiazole rings is 1. The Hall–Kier alpha value is -2.91. The maximum Gasteiger partial charge on any atom is 0.293 e. The predicted octanol–water partition coefficient (Wildman–Crippen LogP) is 4.85. The van der Waals surface area contributed by atoms with E-state index in [1.807, 2.05) is 12.3 Å². The summed E-state index contributed by atoms with van der Waals surface area (Å²) in [7, 11) is 0. The molecule has 7 nitrogen and oxygen atoms in total. The fourth-order valence-electron chi connectivity index (χ4n) is 4.40. The van der Waals surface area contributed by atoms with Crippen molar-refractivity contribution in [1.29, 1.82) is 0 Å². The molecule has 0 bridgehead atoms. The lowest BCUT2D eigenvalue weighted by atomic mass is 9.81. The van der Waals surface area contributed by atoms with E-state index in [9.17, 15) is 14.3 Å². The van der Waals surface area contributed by atoms with Crippen LogP contribution in [0.5, 0.6) is 0 Å². The Bertz CT molecular complexity index is 1300. The lowest BCUT2D eigenvalue weighted by Crippen LogP contribution is -2.41. The fraction of sp³-hybridized carbons (Fsp3) is 0.417. The molecule has 0 aliphatic carbocycles. The van der Waals surface area contributed by atoms with E-state index in [2.05, 4.69) is 24.0 Å². The van der Waals surface area contributed by atoms with Crippen LogP contribution >= 0.6 is 11.3 Å².